The molecule has 5 nitrogen and oxygen atoms in total. The molecule has 0 unspecified atom stereocenters. The van der Waals surface area contributed by atoms with E-state index in [9.17, 15) is 10.1 Å². The highest BCUT2D eigenvalue weighted by Gasteiger charge is 2.14. The van der Waals surface area contributed by atoms with Gasteiger partial charge in [-0.2, -0.15) is 5.26 Å². The lowest BCUT2D eigenvalue weighted by molar-refractivity contribution is -0.384. The number of hydrogen-bond donors (Lipinski definition) is 0. The molecular formula is C14H18ClN3O2. The first-order chi connectivity index (χ1) is 9.43. The van der Waals surface area contributed by atoms with Crippen molar-refractivity contribution >= 4 is 17.3 Å². The van der Waals surface area contributed by atoms with E-state index >= 15 is 0 Å². The second-order valence-electron chi connectivity index (χ2n) is 5.07. The lowest BCUT2D eigenvalue weighted by atomic mass is 10.1. The smallest absolute Gasteiger partial charge is 0.269 e. The van der Waals surface area contributed by atoms with Crippen molar-refractivity contribution in [3.63, 3.8) is 0 Å². The first-order valence-corrected chi connectivity index (χ1v) is 6.84. The Morgan fingerprint density at radius 1 is 1.50 bits per heavy atom. The first kappa shape index (κ1) is 16.4. The third-order valence-corrected chi connectivity index (χ3v) is 3.17. The van der Waals surface area contributed by atoms with Crippen LogP contribution in [0, 0.1) is 27.4 Å². The van der Waals surface area contributed by atoms with Crippen LogP contribution in [0.15, 0.2) is 18.2 Å². The summed E-state index contributed by atoms with van der Waals surface area (Å²) in [7, 11) is 0. The fraction of sp³-hybridized carbons (Fsp3) is 0.500. The summed E-state index contributed by atoms with van der Waals surface area (Å²) in [5.41, 5.74) is 0.758. The Balaban J connectivity index is 2.88. The van der Waals surface area contributed by atoms with E-state index < -0.39 is 4.92 Å². The van der Waals surface area contributed by atoms with Crippen molar-refractivity contribution < 1.29 is 4.92 Å². The van der Waals surface area contributed by atoms with Crippen molar-refractivity contribution in [2.24, 2.45) is 5.92 Å². The fourth-order valence-corrected chi connectivity index (χ4v) is 2.17. The minimum absolute atomic E-state index is 0.0363. The standard InChI is InChI=1S/C14H18ClN3O2/c1-11(2)9-17(7-3-6-16)10-12-8-13(18(19)20)4-5-14(12)15/h4-5,8,11H,3,7,9-10H2,1-2H3. The average Bonchev–Trinajstić information content (AvgIpc) is 2.37. The van der Waals surface area contributed by atoms with E-state index in [2.05, 4.69) is 24.8 Å². The van der Waals surface area contributed by atoms with Crippen LogP contribution in [0.2, 0.25) is 5.02 Å². The van der Waals surface area contributed by atoms with Crippen LogP contribution in [-0.4, -0.2) is 22.9 Å². The summed E-state index contributed by atoms with van der Waals surface area (Å²) < 4.78 is 0. The average molecular weight is 296 g/mol. The van der Waals surface area contributed by atoms with Crippen LogP contribution in [0.25, 0.3) is 0 Å². The molecule has 0 aliphatic rings. The van der Waals surface area contributed by atoms with Crippen molar-refractivity contribution in [2.45, 2.75) is 26.8 Å². The summed E-state index contributed by atoms with van der Waals surface area (Å²) >= 11 is 6.10. The van der Waals surface area contributed by atoms with E-state index in [1.54, 1.807) is 6.07 Å². The van der Waals surface area contributed by atoms with Gasteiger partial charge in [0.15, 0.2) is 0 Å². The Hall–Kier alpha value is -1.64. The van der Waals surface area contributed by atoms with Gasteiger partial charge in [-0.25, -0.2) is 0 Å². The third kappa shape index (κ3) is 5.16. The Kier molecular flexibility index (Phi) is 6.43. The number of nitriles is 1. The lowest BCUT2D eigenvalue weighted by Crippen LogP contribution is -2.28. The zero-order valence-electron chi connectivity index (χ0n) is 11.7. The molecule has 20 heavy (non-hydrogen) atoms. The van der Waals surface area contributed by atoms with E-state index in [0.717, 1.165) is 12.1 Å². The van der Waals surface area contributed by atoms with Gasteiger partial charge in [-0.15, -0.1) is 0 Å². The first-order valence-electron chi connectivity index (χ1n) is 6.46. The predicted molar refractivity (Wildman–Crippen MR) is 78.5 cm³/mol. The summed E-state index contributed by atoms with van der Waals surface area (Å²) in [4.78, 5) is 12.5. The van der Waals surface area contributed by atoms with Crippen LogP contribution >= 0.6 is 11.6 Å². The Morgan fingerprint density at radius 2 is 2.20 bits per heavy atom. The SMILES string of the molecule is CC(C)CN(CCC#N)Cc1cc([N+](=O)[O-])ccc1Cl. The van der Waals surface area contributed by atoms with E-state index in [4.69, 9.17) is 16.9 Å². The molecular weight excluding hydrogens is 278 g/mol. The summed E-state index contributed by atoms with van der Waals surface area (Å²) in [6.07, 6.45) is 0.430. The molecule has 0 saturated heterocycles. The maximum absolute atomic E-state index is 10.8. The minimum Gasteiger partial charge on any atom is -0.298 e. The number of benzene rings is 1. The van der Waals surface area contributed by atoms with E-state index in [0.29, 0.717) is 30.5 Å². The highest BCUT2D eigenvalue weighted by Crippen LogP contribution is 2.23. The number of non-ortho nitro benzene ring substituents is 1. The minimum atomic E-state index is -0.429. The number of nitrogens with zero attached hydrogens (tertiary/aromatic N) is 3. The van der Waals surface area contributed by atoms with Gasteiger partial charge in [0.2, 0.25) is 0 Å². The Morgan fingerprint density at radius 3 is 2.75 bits per heavy atom. The summed E-state index contributed by atoms with van der Waals surface area (Å²) in [6.45, 7) is 6.15. The predicted octanol–water partition coefficient (Wildman–Crippen LogP) is 3.62. The molecule has 0 N–H and O–H groups in total. The Bertz CT molecular complexity index is 512. The normalized spacial score (nSPS) is 10.8. The molecule has 0 spiro atoms. The lowest BCUT2D eigenvalue weighted by Gasteiger charge is -2.23. The van der Waals surface area contributed by atoms with Crippen LogP contribution in [-0.2, 0) is 6.54 Å². The number of rotatable bonds is 7. The van der Waals surface area contributed by atoms with Crippen molar-refractivity contribution in [1.82, 2.24) is 4.90 Å². The summed E-state index contributed by atoms with van der Waals surface area (Å²) in [5.74, 6) is 0.450. The summed E-state index contributed by atoms with van der Waals surface area (Å²) in [6, 6.07) is 6.57. The fourth-order valence-electron chi connectivity index (χ4n) is 2.00. The van der Waals surface area contributed by atoms with Gasteiger partial charge in [-0.3, -0.25) is 15.0 Å². The number of halogens is 1. The van der Waals surface area contributed by atoms with Crippen molar-refractivity contribution in [3.8, 4) is 6.07 Å². The highest BCUT2D eigenvalue weighted by molar-refractivity contribution is 6.31. The van der Waals surface area contributed by atoms with Crippen LogP contribution in [0.1, 0.15) is 25.8 Å². The quantitative estimate of drug-likeness (QED) is 0.569. The molecule has 1 aromatic rings. The number of nitro groups is 1. The third-order valence-electron chi connectivity index (χ3n) is 2.80. The molecule has 0 aliphatic heterocycles. The Labute approximate surface area is 123 Å². The molecule has 0 fully saturated rings. The molecule has 0 saturated carbocycles. The van der Waals surface area contributed by atoms with Gasteiger partial charge >= 0.3 is 0 Å². The molecule has 0 bridgehead atoms. The van der Waals surface area contributed by atoms with E-state index in [1.807, 2.05) is 0 Å². The zero-order valence-corrected chi connectivity index (χ0v) is 12.4. The van der Waals surface area contributed by atoms with Gasteiger partial charge in [0.05, 0.1) is 11.0 Å². The second kappa shape index (κ2) is 7.83. The molecule has 108 valence electrons. The molecule has 1 rings (SSSR count). The van der Waals surface area contributed by atoms with Gasteiger partial charge in [0, 0.05) is 43.2 Å². The van der Waals surface area contributed by atoms with Crippen LogP contribution < -0.4 is 0 Å². The largest absolute Gasteiger partial charge is 0.298 e. The number of hydrogen-bond acceptors (Lipinski definition) is 4. The van der Waals surface area contributed by atoms with Gasteiger partial charge in [0.25, 0.3) is 5.69 Å². The topological polar surface area (TPSA) is 70.2 Å². The monoisotopic (exact) mass is 295 g/mol. The molecule has 0 amide bonds. The van der Waals surface area contributed by atoms with Crippen molar-refractivity contribution in [3.05, 3.63) is 38.9 Å². The van der Waals surface area contributed by atoms with Crippen LogP contribution in [0.3, 0.4) is 0 Å². The maximum Gasteiger partial charge on any atom is 0.269 e. The highest BCUT2D eigenvalue weighted by atomic mass is 35.5. The van der Waals surface area contributed by atoms with E-state index in [-0.39, 0.29) is 5.69 Å². The molecule has 1 aromatic carbocycles. The molecule has 0 aromatic heterocycles. The van der Waals surface area contributed by atoms with Gasteiger partial charge in [0.1, 0.15) is 0 Å². The summed E-state index contributed by atoms with van der Waals surface area (Å²) in [5, 5.41) is 20.0. The van der Waals surface area contributed by atoms with Crippen LogP contribution in [0.4, 0.5) is 5.69 Å². The van der Waals surface area contributed by atoms with Crippen LogP contribution in [0.5, 0.6) is 0 Å². The van der Waals surface area contributed by atoms with Gasteiger partial charge in [-0.05, 0) is 17.5 Å². The van der Waals surface area contributed by atoms with E-state index in [1.165, 1.54) is 12.1 Å². The number of nitro benzene ring substituents is 1. The second-order valence-corrected chi connectivity index (χ2v) is 5.48. The zero-order chi connectivity index (χ0) is 15.1. The molecule has 0 heterocycles. The molecule has 0 radical (unpaired) electrons. The van der Waals surface area contributed by atoms with Crippen molar-refractivity contribution in [1.29, 1.82) is 5.26 Å². The van der Waals surface area contributed by atoms with Gasteiger partial charge in [-0.1, -0.05) is 25.4 Å². The van der Waals surface area contributed by atoms with Crippen molar-refractivity contribution in [2.75, 3.05) is 13.1 Å². The molecule has 0 atom stereocenters. The molecule has 6 heteroatoms. The maximum atomic E-state index is 10.8. The van der Waals surface area contributed by atoms with Gasteiger partial charge < -0.3 is 0 Å². The molecule has 0 aliphatic carbocycles.